The van der Waals surface area contributed by atoms with Crippen molar-refractivity contribution < 1.29 is 4.79 Å². The molecule has 1 heterocycles. The quantitative estimate of drug-likeness (QED) is 0.748. The second kappa shape index (κ2) is 9.81. The topological polar surface area (TPSA) is 46.3 Å². The Balaban J connectivity index is 0.00000242. The first-order valence-electron chi connectivity index (χ1n) is 7.51. The van der Waals surface area contributed by atoms with Crippen molar-refractivity contribution in [3.63, 3.8) is 0 Å². The maximum atomic E-state index is 12.4. The minimum atomic E-state index is 0. The van der Waals surface area contributed by atoms with Crippen molar-refractivity contribution in [1.82, 2.24) is 4.90 Å². The van der Waals surface area contributed by atoms with Crippen LogP contribution in [0.5, 0.6) is 0 Å². The summed E-state index contributed by atoms with van der Waals surface area (Å²) in [6.45, 7) is 2.88. The zero-order valence-electron chi connectivity index (χ0n) is 12.8. The number of carbonyl (C=O) groups is 1. The molecule has 1 aromatic rings. The highest BCUT2D eigenvalue weighted by atomic mass is 79.9. The Morgan fingerprint density at radius 3 is 2.73 bits per heavy atom. The predicted octanol–water partition coefficient (Wildman–Crippen LogP) is 4.08. The van der Waals surface area contributed by atoms with Crippen LogP contribution < -0.4 is 5.73 Å². The Hall–Kier alpha value is -0.230. The number of benzene rings is 1. The normalized spacial score (nSPS) is 19.4. The van der Waals surface area contributed by atoms with Gasteiger partial charge in [-0.1, -0.05) is 15.9 Å². The second-order valence-corrected chi connectivity index (χ2v) is 7.65. The van der Waals surface area contributed by atoms with Gasteiger partial charge in [-0.05, 0) is 50.5 Å². The highest BCUT2D eigenvalue weighted by Crippen LogP contribution is 2.23. The molecule has 1 amide bonds. The molecule has 22 heavy (non-hydrogen) atoms. The van der Waals surface area contributed by atoms with Crippen molar-refractivity contribution in [2.75, 3.05) is 12.3 Å². The van der Waals surface area contributed by atoms with E-state index in [1.807, 2.05) is 24.0 Å². The van der Waals surface area contributed by atoms with Crippen molar-refractivity contribution in [3.8, 4) is 0 Å². The lowest BCUT2D eigenvalue weighted by Crippen LogP contribution is -2.51. The number of rotatable bonds is 5. The summed E-state index contributed by atoms with van der Waals surface area (Å²) in [4.78, 5) is 15.6. The molecule has 0 aromatic heterocycles. The van der Waals surface area contributed by atoms with Crippen LogP contribution in [0.1, 0.15) is 32.6 Å². The standard InChI is InChI=1S/C16H23BrN2OS.ClH/c1-12(18)15-4-2-3-10-19(15)16(20)9-11-21-14-7-5-13(17)6-8-14;/h5-8,12,15H,2-4,9-11,18H2,1H3;1H. The van der Waals surface area contributed by atoms with Crippen LogP contribution in [0.2, 0.25) is 0 Å². The van der Waals surface area contributed by atoms with E-state index < -0.39 is 0 Å². The molecule has 2 atom stereocenters. The molecular formula is C16H24BrClN2OS. The van der Waals surface area contributed by atoms with E-state index in [0.717, 1.165) is 29.6 Å². The predicted molar refractivity (Wildman–Crippen MR) is 99.7 cm³/mol. The Morgan fingerprint density at radius 2 is 2.09 bits per heavy atom. The Morgan fingerprint density at radius 1 is 1.41 bits per heavy atom. The monoisotopic (exact) mass is 406 g/mol. The van der Waals surface area contributed by atoms with Crippen molar-refractivity contribution >= 4 is 46.0 Å². The smallest absolute Gasteiger partial charge is 0.223 e. The van der Waals surface area contributed by atoms with Gasteiger partial charge in [0.25, 0.3) is 0 Å². The fourth-order valence-corrected chi connectivity index (χ4v) is 3.85. The summed E-state index contributed by atoms with van der Waals surface area (Å²) >= 11 is 5.16. The number of thioether (sulfide) groups is 1. The molecule has 1 aliphatic heterocycles. The van der Waals surface area contributed by atoms with Crippen molar-refractivity contribution in [1.29, 1.82) is 0 Å². The van der Waals surface area contributed by atoms with Gasteiger partial charge in [-0.3, -0.25) is 4.79 Å². The van der Waals surface area contributed by atoms with Gasteiger partial charge in [0.1, 0.15) is 0 Å². The Bertz CT molecular complexity index is 470. The first-order chi connectivity index (χ1) is 10.1. The molecule has 124 valence electrons. The minimum absolute atomic E-state index is 0. The lowest BCUT2D eigenvalue weighted by Gasteiger charge is -2.38. The zero-order chi connectivity index (χ0) is 15.2. The van der Waals surface area contributed by atoms with Gasteiger partial charge in [0.05, 0.1) is 0 Å². The van der Waals surface area contributed by atoms with E-state index in [-0.39, 0.29) is 30.4 Å². The molecule has 1 saturated heterocycles. The molecule has 6 heteroatoms. The number of halogens is 2. The fourth-order valence-electron chi connectivity index (χ4n) is 2.74. The largest absolute Gasteiger partial charge is 0.338 e. The molecular weight excluding hydrogens is 384 g/mol. The van der Waals surface area contributed by atoms with Crippen molar-refractivity contribution in [2.45, 2.75) is 49.6 Å². The molecule has 1 aromatic carbocycles. The molecule has 0 aliphatic carbocycles. The first kappa shape index (κ1) is 19.8. The summed E-state index contributed by atoms with van der Waals surface area (Å²) in [5.74, 6) is 1.07. The summed E-state index contributed by atoms with van der Waals surface area (Å²) < 4.78 is 1.08. The van der Waals surface area contributed by atoms with Crippen molar-refractivity contribution in [3.05, 3.63) is 28.7 Å². The van der Waals surface area contributed by atoms with Crippen LogP contribution in [-0.4, -0.2) is 35.2 Å². The van der Waals surface area contributed by atoms with Gasteiger partial charge in [0, 0.05) is 40.2 Å². The van der Waals surface area contributed by atoms with Crippen LogP contribution in [0, 0.1) is 0 Å². The number of piperidine rings is 1. The molecule has 1 fully saturated rings. The maximum absolute atomic E-state index is 12.4. The number of hydrogen-bond donors (Lipinski definition) is 1. The molecule has 0 bridgehead atoms. The van der Waals surface area contributed by atoms with E-state index in [2.05, 4.69) is 28.1 Å². The second-order valence-electron chi connectivity index (χ2n) is 5.56. The zero-order valence-corrected chi connectivity index (χ0v) is 16.1. The number of nitrogens with two attached hydrogens (primary N) is 1. The third-order valence-corrected chi connectivity index (χ3v) is 5.42. The molecule has 0 radical (unpaired) electrons. The lowest BCUT2D eigenvalue weighted by molar-refractivity contribution is -0.134. The first-order valence-corrected chi connectivity index (χ1v) is 9.29. The average molecular weight is 408 g/mol. The van der Waals surface area contributed by atoms with Crippen LogP contribution >= 0.6 is 40.1 Å². The van der Waals surface area contributed by atoms with E-state index in [4.69, 9.17) is 5.73 Å². The van der Waals surface area contributed by atoms with E-state index in [1.165, 1.54) is 11.3 Å². The van der Waals surface area contributed by atoms with E-state index in [0.29, 0.717) is 6.42 Å². The Labute approximate surface area is 151 Å². The van der Waals surface area contributed by atoms with E-state index in [9.17, 15) is 4.79 Å². The SMILES string of the molecule is CC(N)C1CCCCN1C(=O)CCSc1ccc(Br)cc1.Cl. The third kappa shape index (κ3) is 5.76. The number of carbonyl (C=O) groups excluding carboxylic acids is 1. The summed E-state index contributed by atoms with van der Waals surface area (Å²) in [5, 5.41) is 0. The number of hydrogen-bond acceptors (Lipinski definition) is 3. The van der Waals surface area contributed by atoms with Crippen LogP contribution in [0.4, 0.5) is 0 Å². The molecule has 3 nitrogen and oxygen atoms in total. The van der Waals surface area contributed by atoms with Gasteiger partial charge < -0.3 is 10.6 Å². The highest BCUT2D eigenvalue weighted by molar-refractivity contribution is 9.10. The van der Waals surface area contributed by atoms with Crippen LogP contribution in [0.3, 0.4) is 0 Å². The van der Waals surface area contributed by atoms with Gasteiger partial charge in [-0.15, -0.1) is 24.2 Å². The maximum Gasteiger partial charge on any atom is 0.223 e. The van der Waals surface area contributed by atoms with Crippen LogP contribution in [0.15, 0.2) is 33.6 Å². The summed E-state index contributed by atoms with van der Waals surface area (Å²) in [6.07, 6.45) is 3.92. The van der Waals surface area contributed by atoms with E-state index >= 15 is 0 Å². The molecule has 0 spiro atoms. The molecule has 0 saturated carbocycles. The van der Waals surface area contributed by atoms with Gasteiger partial charge in [-0.25, -0.2) is 0 Å². The van der Waals surface area contributed by atoms with E-state index in [1.54, 1.807) is 11.8 Å². The summed E-state index contributed by atoms with van der Waals surface area (Å²) in [5.41, 5.74) is 6.03. The molecule has 2 unspecified atom stereocenters. The molecule has 2 N–H and O–H groups in total. The van der Waals surface area contributed by atoms with Gasteiger partial charge in [-0.2, -0.15) is 0 Å². The number of amides is 1. The number of nitrogens with zero attached hydrogens (tertiary/aromatic N) is 1. The minimum Gasteiger partial charge on any atom is -0.338 e. The van der Waals surface area contributed by atoms with Gasteiger partial charge >= 0.3 is 0 Å². The van der Waals surface area contributed by atoms with Crippen LogP contribution in [-0.2, 0) is 4.79 Å². The summed E-state index contributed by atoms with van der Waals surface area (Å²) in [6, 6.07) is 8.50. The highest BCUT2D eigenvalue weighted by Gasteiger charge is 2.28. The molecule has 2 rings (SSSR count). The average Bonchev–Trinajstić information content (AvgIpc) is 2.49. The molecule has 1 aliphatic rings. The van der Waals surface area contributed by atoms with Crippen molar-refractivity contribution in [2.24, 2.45) is 5.73 Å². The lowest BCUT2D eigenvalue weighted by atomic mass is 9.96. The van der Waals surface area contributed by atoms with Crippen LogP contribution in [0.25, 0.3) is 0 Å². The van der Waals surface area contributed by atoms with Gasteiger partial charge in [0.15, 0.2) is 0 Å². The fraction of sp³-hybridized carbons (Fsp3) is 0.562. The van der Waals surface area contributed by atoms with Gasteiger partial charge in [0.2, 0.25) is 5.91 Å². The summed E-state index contributed by atoms with van der Waals surface area (Å²) in [7, 11) is 0. The third-order valence-electron chi connectivity index (χ3n) is 3.87. The Kier molecular flexibility index (Phi) is 8.83. The number of likely N-dealkylation sites (tertiary alicyclic amines) is 1.